The van der Waals surface area contributed by atoms with Gasteiger partial charge in [0.25, 0.3) is 0 Å². The Hall–Kier alpha value is -0.0800. The quantitative estimate of drug-likeness (QED) is 0.751. The van der Waals surface area contributed by atoms with Crippen LogP contribution in [0.1, 0.15) is 66.7 Å². The zero-order valence-corrected chi connectivity index (χ0v) is 13.2. The largest absolute Gasteiger partial charge is 0.327 e. The third-order valence-corrected chi connectivity index (χ3v) is 4.78. The summed E-state index contributed by atoms with van der Waals surface area (Å²) < 4.78 is 0. The van der Waals surface area contributed by atoms with E-state index in [0.717, 1.165) is 12.0 Å². The van der Waals surface area contributed by atoms with Crippen LogP contribution in [0.4, 0.5) is 0 Å². The van der Waals surface area contributed by atoms with E-state index >= 15 is 0 Å². The molecule has 0 aliphatic heterocycles. The smallest absolute Gasteiger partial charge is 0.0105 e. The van der Waals surface area contributed by atoms with Crippen LogP contribution in [-0.4, -0.2) is 30.1 Å². The molecule has 2 nitrogen and oxygen atoms in total. The lowest BCUT2D eigenvalue weighted by Gasteiger charge is -2.40. The Labute approximate surface area is 114 Å². The van der Waals surface area contributed by atoms with E-state index in [2.05, 4.69) is 39.5 Å². The second-order valence-corrected chi connectivity index (χ2v) is 6.95. The van der Waals surface area contributed by atoms with Crippen molar-refractivity contribution in [2.75, 3.05) is 13.1 Å². The summed E-state index contributed by atoms with van der Waals surface area (Å²) in [5.41, 5.74) is 6.69. The topological polar surface area (TPSA) is 29.3 Å². The molecule has 0 spiro atoms. The Bertz CT molecular complexity index is 235. The molecule has 108 valence electrons. The van der Waals surface area contributed by atoms with E-state index < -0.39 is 0 Å². The van der Waals surface area contributed by atoms with Crippen molar-refractivity contribution in [3.05, 3.63) is 0 Å². The Morgan fingerprint density at radius 3 is 2.28 bits per heavy atom. The van der Waals surface area contributed by atoms with Gasteiger partial charge in [-0.2, -0.15) is 0 Å². The maximum atomic E-state index is 6.35. The van der Waals surface area contributed by atoms with Gasteiger partial charge in [0, 0.05) is 25.2 Å². The van der Waals surface area contributed by atoms with Crippen LogP contribution in [0.15, 0.2) is 0 Å². The first kappa shape index (κ1) is 16.0. The fraction of sp³-hybridized carbons (Fsp3) is 1.00. The van der Waals surface area contributed by atoms with E-state index in [0.29, 0.717) is 11.5 Å². The van der Waals surface area contributed by atoms with Crippen LogP contribution < -0.4 is 5.73 Å². The Morgan fingerprint density at radius 2 is 1.89 bits per heavy atom. The van der Waals surface area contributed by atoms with Crippen LogP contribution in [0.3, 0.4) is 0 Å². The summed E-state index contributed by atoms with van der Waals surface area (Å²) in [4.78, 5) is 2.72. The van der Waals surface area contributed by atoms with E-state index in [1.165, 1.54) is 45.2 Å². The lowest BCUT2D eigenvalue weighted by Crippen LogP contribution is -2.48. The third-order valence-electron chi connectivity index (χ3n) is 4.78. The van der Waals surface area contributed by atoms with Crippen LogP contribution in [0, 0.1) is 11.3 Å². The predicted molar refractivity (Wildman–Crippen MR) is 80.7 cm³/mol. The SMILES string of the molecule is CCC(CC)N(CC(C)C)CC1(C)CCCC1N. The highest BCUT2D eigenvalue weighted by molar-refractivity contribution is 4.94. The summed E-state index contributed by atoms with van der Waals surface area (Å²) in [5.74, 6) is 0.742. The molecule has 2 N–H and O–H groups in total. The van der Waals surface area contributed by atoms with Crippen molar-refractivity contribution >= 4 is 0 Å². The number of rotatable bonds is 7. The molecule has 0 heterocycles. The Balaban J connectivity index is 2.70. The second-order valence-electron chi connectivity index (χ2n) is 6.95. The molecule has 0 bridgehead atoms. The lowest BCUT2D eigenvalue weighted by molar-refractivity contribution is 0.0939. The molecule has 1 aliphatic carbocycles. The molecule has 18 heavy (non-hydrogen) atoms. The van der Waals surface area contributed by atoms with E-state index in [1.54, 1.807) is 0 Å². The summed E-state index contributed by atoms with van der Waals surface area (Å²) in [6.45, 7) is 14.1. The van der Waals surface area contributed by atoms with Crippen molar-refractivity contribution in [3.8, 4) is 0 Å². The van der Waals surface area contributed by atoms with Crippen LogP contribution in [0.5, 0.6) is 0 Å². The minimum atomic E-state index is 0.345. The average Bonchev–Trinajstić information content (AvgIpc) is 2.59. The van der Waals surface area contributed by atoms with Crippen molar-refractivity contribution in [1.29, 1.82) is 0 Å². The van der Waals surface area contributed by atoms with Gasteiger partial charge in [-0.25, -0.2) is 0 Å². The van der Waals surface area contributed by atoms with Crippen LogP contribution in [0.2, 0.25) is 0 Å². The molecule has 1 aliphatic rings. The molecular weight excluding hydrogens is 220 g/mol. The van der Waals surface area contributed by atoms with Crippen LogP contribution >= 0.6 is 0 Å². The van der Waals surface area contributed by atoms with Gasteiger partial charge in [0.15, 0.2) is 0 Å². The number of hydrogen-bond donors (Lipinski definition) is 1. The summed E-state index contributed by atoms with van der Waals surface area (Å²) in [6, 6.07) is 1.14. The van der Waals surface area contributed by atoms with Gasteiger partial charge in [0.05, 0.1) is 0 Å². The summed E-state index contributed by atoms with van der Waals surface area (Å²) in [5, 5.41) is 0. The monoisotopic (exact) mass is 254 g/mol. The van der Waals surface area contributed by atoms with Gasteiger partial charge in [-0.15, -0.1) is 0 Å². The van der Waals surface area contributed by atoms with Crippen molar-refractivity contribution < 1.29 is 0 Å². The first-order valence-electron chi connectivity index (χ1n) is 7.92. The number of nitrogens with zero attached hydrogens (tertiary/aromatic N) is 1. The molecule has 1 saturated carbocycles. The molecule has 0 aromatic rings. The van der Waals surface area contributed by atoms with Crippen molar-refractivity contribution in [2.24, 2.45) is 17.1 Å². The molecule has 1 fully saturated rings. The molecule has 1 rings (SSSR count). The summed E-state index contributed by atoms with van der Waals surface area (Å²) in [7, 11) is 0. The van der Waals surface area contributed by atoms with E-state index in [4.69, 9.17) is 5.73 Å². The van der Waals surface area contributed by atoms with Gasteiger partial charge in [-0.05, 0) is 37.0 Å². The highest BCUT2D eigenvalue weighted by Gasteiger charge is 2.38. The lowest BCUT2D eigenvalue weighted by atomic mass is 9.83. The van der Waals surface area contributed by atoms with Gasteiger partial charge < -0.3 is 5.73 Å². The first-order chi connectivity index (χ1) is 8.42. The average molecular weight is 254 g/mol. The zero-order valence-electron chi connectivity index (χ0n) is 13.2. The third kappa shape index (κ3) is 3.96. The predicted octanol–water partition coefficient (Wildman–Crippen LogP) is 3.65. The standard InChI is InChI=1S/C16H34N2/c1-6-14(7-2)18(11-13(3)4)12-16(5)10-8-9-15(16)17/h13-15H,6-12,17H2,1-5H3. The van der Waals surface area contributed by atoms with E-state index in [9.17, 15) is 0 Å². The summed E-state index contributed by atoms with van der Waals surface area (Å²) >= 11 is 0. The van der Waals surface area contributed by atoms with Crippen LogP contribution in [0.25, 0.3) is 0 Å². The number of hydrogen-bond acceptors (Lipinski definition) is 2. The maximum Gasteiger partial charge on any atom is 0.0105 e. The molecule has 2 unspecified atom stereocenters. The Kier molecular flexibility index (Phi) is 6.13. The Morgan fingerprint density at radius 1 is 1.28 bits per heavy atom. The highest BCUT2D eigenvalue weighted by Crippen LogP contribution is 2.38. The first-order valence-corrected chi connectivity index (χ1v) is 7.92. The van der Waals surface area contributed by atoms with Crippen LogP contribution in [-0.2, 0) is 0 Å². The van der Waals surface area contributed by atoms with Crippen molar-refractivity contribution in [3.63, 3.8) is 0 Å². The molecule has 0 aromatic heterocycles. The molecule has 0 aromatic carbocycles. The fourth-order valence-corrected chi connectivity index (χ4v) is 3.54. The van der Waals surface area contributed by atoms with Gasteiger partial charge in [0.2, 0.25) is 0 Å². The minimum absolute atomic E-state index is 0.345. The van der Waals surface area contributed by atoms with Gasteiger partial charge in [-0.3, -0.25) is 4.90 Å². The van der Waals surface area contributed by atoms with Crippen molar-refractivity contribution in [1.82, 2.24) is 4.90 Å². The summed E-state index contributed by atoms with van der Waals surface area (Å²) in [6.07, 6.45) is 6.36. The van der Waals surface area contributed by atoms with E-state index in [-0.39, 0.29) is 0 Å². The van der Waals surface area contributed by atoms with Gasteiger partial charge in [0.1, 0.15) is 0 Å². The molecule has 2 atom stereocenters. The normalized spacial score (nSPS) is 28.8. The molecule has 0 saturated heterocycles. The highest BCUT2D eigenvalue weighted by atomic mass is 15.2. The van der Waals surface area contributed by atoms with Crippen molar-refractivity contribution in [2.45, 2.75) is 78.8 Å². The van der Waals surface area contributed by atoms with E-state index in [1.807, 2.05) is 0 Å². The molecule has 2 heteroatoms. The zero-order chi connectivity index (χ0) is 13.8. The number of nitrogens with two attached hydrogens (primary N) is 1. The minimum Gasteiger partial charge on any atom is -0.327 e. The molecular formula is C16H34N2. The van der Waals surface area contributed by atoms with Gasteiger partial charge >= 0.3 is 0 Å². The van der Waals surface area contributed by atoms with Gasteiger partial charge in [-0.1, -0.05) is 41.0 Å². The molecule has 0 radical (unpaired) electrons. The molecule has 0 amide bonds. The second kappa shape index (κ2) is 6.91. The maximum absolute atomic E-state index is 6.35. The fourth-order valence-electron chi connectivity index (χ4n) is 3.54.